The summed E-state index contributed by atoms with van der Waals surface area (Å²) >= 11 is 0. The fourth-order valence-electron chi connectivity index (χ4n) is 7.32. The second-order valence-corrected chi connectivity index (χ2v) is 9.45. The third-order valence-corrected chi connectivity index (χ3v) is 8.32. The minimum atomic E-state index is 0.427. The van der Waals surface area contributed by atoms with Crippen LogP contribution in [0.3, 0.4) is 0 Å². The maximum Gasteiger partial charge on any atom is 0.00985 e. The summed E-state index contributed by atoms with van der Waals surface area (Å²) in [6.07, 6.45) is 9.82. The average Bonchev–Trinajstić information content (AvgIpc) is 2.87. The van der Waals surface area contributed by atoms with E-state index in [2.05, 4.69) is 34.6 Å². The molecular formula is C20H37N. The van der Waals surface area contributed by atoms with Crippen LogP contribution >= 0.6 is 0 Å². The third-order valence-electron chi connectivity index (χ3n) is 8.32. The van der Waals surface area contributed by atoms with Crippen molar-refractivity contribution in [1.29, 1.82) is 0 Å². The second-order valence-electron chi connectivity index (χ2n) is 9.45. The van der Waals surface area contributed by atoms with Crippen molar-refractivity contribution in [2.45, 2.75) is 85.6 Å². The Hall–Kier alpha value is -0.0400. The zero-order valence-corrected chi connectivity index (χ0v) is 15.0. The summed E-state index contributed by atoms with van der Waals surface area (Å²) in [7, 11) is 0. The van der Waals surface area contributed by atoms with E-state index in [4.69, 9.17) is 5.73 Å². The van der Waals surface area contributed by atoms with E-state index in [1.807, 2.05) is 0 Å². The van der Waals surface area contributed by atoms with Crippen LogP contribution in [0.5, 0.6) is 0 Å². The molecule has 7 atom stereocenters. The minimum absolute atomic E-state index is 0.427. The van der Waals surface area contributed by atoms with Crippen molar-refractivity contribution in [2.24, 2.45) is 46.2 Å². The predicted molar refractivity (Wildman–Crippen MR) is 91.0 cm³/mol. The molecule has 0 heterocycles. The Morgan fingerprint density at radius 3 is 2.43 bits per heavy atom. The standard InChI is InChI=1S/C20H37N/c1-6-10-20(5)17-9-11-19(4)15(13(2)3)7-8-16(19)14(17)12-18(20)21/h13-18H,6-12,21H2,1-5H3. The molecular weight excluding hydrogens is 254 g/mol. The van der Waals surface area contributed by atoms with Gasteiger partial charge in [-0.1, -0.05) is 41.0 Å². The quantitative estimate of drug-likeness (QED) is 0.756. The van der Waals surface area contributed by atoms with Crippen LogP contribution < -0.4 is 5.73 Å². The molecule has 7 unspecified atom stereocenters. The zero-order valence-electron chi connectivity index (χ0n) is 15.0. The Bertz CT molecular complexity index is 389. The van der Waals surface area contributed by atoms with Gasteiger partial charge in [0.15, 0.2) is 0 Å². The SMILES string of the molecule is CCCC1(C)C(N)CC2C1CCC1(C)C(C(C)C)CCC21. The lowest BCUT2D eigenvalue weighted by Crippen LogP contribution is -2.44. The fraction of sp³-hybridized carbons (Fsp3) is 1.00. The molecule has 0 saturated heterocycles. The van der Waals surface area contributed by atoms with E-state index in [1.54, 1.807) is 0 Å². The highest BCUT2D eigenvalue weighted by Gasteiger charge is 2.61. The molecule has 0 spiro atoms. The maximum atomic E-state index is 6.68. The van der Waals surface area contributed by atoms with Crippen LogP contribution in [0, 0.1) is 40.4 Å². The van der Waals surface area contributed by atoms with E-state index in [0.29, 0.717) is 16.9 Å². The van der Waals surface area contributed by atoms with Crippen LogP contribution in [-0.2, 0) is 0 Å². The van der Waals surface area contributed by atoms with Gasteiger partial charge in [0.1, 0.15) is 0 Å². The van der Waals surface area contributed by atoms with Gasteiger partial charge in [0.2, 0.25) is 0 Å². The number of hydrogen-bond acceptors (Lipinski definition) is 1. The molecule has 0 aromatic carbocycles. The zero-order chi connectivity index (χ0) is 15.4. The van der Waals surface area contributed by atoms with Crippen molar-refractivity contribution in [1.82, 2.24) is 0 Å². The molecule has 2 N–H and O–H groups in total. The van der Waals surface area contributed by atoms with Crippen molar-refractivity contribution < 1.29 is 0 Å². The minimum Gasteiger partial charge on any atom is -0.327 e. The summed E-state index contributed by atoms with van der Waals surface area (Å²) in [5, 5.41) is 0. The Morgan fingerprint density at radius 2 is 1.81 bits per heavy atom. The largest absolute Gasteiger partial charge is 0.327 e. The first kappa shape index (κ1) is 15.8. The molecule has 0 radical (unpaired) electrons. The van der Waals surface area contributed by atoms with Gasteiger partial charge in [-0.25, -0.2) is 0 Å². The van der Waals surface area contributed by atoms with E-state index < -0.39 is 0 Å². The van der Waals surface area contributed by atoms with Gasteiger partial charge in [-0.15, -0.1) is 0 Å². The van der Waals surface area contributed by atoms with Crippen LogP contribution in [0.1, 0.15) is 79.6 Å². The number of fused-ring (bicyclic) bond motifs is 3. The molecule has 3 aliphatic carbocycles. The normalized spacial score (nSPS) is 53.0. The monoisotopic (exact) mass is 291 g/mol. The molecule has 0 bridgehead atoms. The Kier molecular flexibility index (Phi) is 3.96. The van der Waals surface area contributed by atoms with Gasteiger partial charge in [-0.05, 0) is 78.9 Å². The van der Waals surface area contributed by atoms with E-state index in [1.165, 1.54) is 44.9 Å². The van der Waals surface area contributed by atoms with Crippen molar-refractivity contribution in [3.05, 3.63) is 0 Å². The first-order valence-electron chi connectivity index (χ1n) is 9.60. The van der Waals surface area contributed by atoms with Gasteiger partial charge in [0.05, 0.1) is 0 Å². The highest BCUT2D eigenvalue weighted by molar-refractivity contribution is 5.11. The van der Waals surface area contributed by atoms with Gasteiger partial charge in [-0.2, -0.15) is 0 Å². The van der Waals surface area contributed by atoms with Crippen LogP contribution in [-0.4, -0.2) is 6.04 Å². The number of hydrogen-bond donors (Lipinski definition) is 1. The Balaban J connectivity index is 1.87. The van der Waals surface area contributed by atoms with Gasteiger partial charge >= 0.3 is 0 Å². The molecule has 21 heavy (non-hydrogen) atoms. The van der Waals surface area contributed by atoms with Gasteiger partial charge < -0.3 is 5.73 Å². The van der Waals surface area contributed by atoms with Crippen LogP contribution in [0.2, 0.25) is 0 Å². The molecule has 1 nitrogen and oxygen atoms in total. The fourth-order valence-corrected chi connectivity index (χ4v) is 7.32. The molecule has 0 amide bonds. The van der Waals surface area contributed by atoms with Crippen LogP contribution in [0.15, 0.2) is 0 Å². The van der Waals surface area contributed by atoms with Gasteiger partial charge in [0.25, 0.3) is 0 Å². The van der Waals surface area contributed by atoms with Crippen molar-refractivity contribution >= 4 is 0 Å². The van der Waals surface area contributed by atoms with Crippen molar-refractivity contribution in [3.63, 3.8) is 0 Å². The van der Waals surface area contributed by atoms with E-state index in [0.717, 1.165) is 29.6 Å². The lowest BCUT2D eigenvalue weighted by molar-refractivity contribution is -0.0158. The molecule has 3 aliphatic rings. The number of nitrogens with two attached hydrogens (primary N) is 1. The smallest absolute Gasteiger partial charge is 0.00985 e. The van der Waals surface area contributed by atoms with Crippen molar-refractivity contribution in [3.8, 4) is 0 Å². The summed E-state index contributed by atoms with van der Waals surface area (Å²) in [6.45, 7) is 12.4. The Morgan fingerprint density at radius 1 is 1.10 bits per heavy atom. The average molecular weight is 292 g/mol. The molecule has 1 heteroatoms. The highest BCUT2D eigenvalue weighted by Crippen LogP contribution is 2.67. The molecule has 122 valence electrons. The van der Waals surface area contributed by atoms with Gasteiger partial charge in [-0.3, -0.25) is 0 Å². The Labute approximate surface area is 132 Å². The lowest BCUT2D eigenvalue weighted by atomic mass is 9.54. The molecule has 3 rings (SSSR count). The first-order valence-corrected chi connectivity index (χ1v) is 9.60. The third kappa shape index (κ3) is 2.13. The lowest BCUT2D eigenvalue weighted by Gasteiger charge is -2.50. The summed E-state index contributed by atoms with van der Waals surface area (Å²) in [6, 6.07) is 0.452. The molecule has 0 aliphatic heterocycles. The summed E-state index contributed by atoms with van der Waals surface area (Å²) in [5.74, 6) is 4.62. The van der Waals surface area contributed by atoms with Crippen LogP contribution in [0.4, 0.5) is 0 Å². The second kappa shape index (κ2) is 5.25. The maximum absolute atomic E-state index is 6.68. The highest BCUT2D eigenvalue weighted by atomic mass is 14.8. The topological polar surface area (TPSA) is 26.0 Å². The summed E-state index contributed by atoms with van der Waals surface area (Å²) in [4.78, 5) is 0. The van der Waals surface area contributed by atoms with Crippen molar-refractivity contribution in [2.75, 3.05) is 0 Å². The summed E-state index contributed by atoms with van der Waals surface area (Å²) in [5.41, 5.74) is 7.72. The van der Waals surface area contributed by atoms with E-state index >= 15 is 0 Å². The number of rotatable bonds is 3. The van der Waals surface area contributed by atoms with E-state index in [-0.39, 0.29) is 0 Å². The van der Waals surface area contributed by atoms with E-state index in [9.17, 15) is 0 Å². The van der Waals surface area contributed by atoms with Crippen LogP contribution in [0.25, 0.3) is 0 Å². The molecule has 3 fully saturated rings. The molecule has 3 saturated carbocycles. The molecule has 0 aromatic heterocycles. The van der Waals surface area contributed by atoms with Gasteiger partial charge in [0, 0.05) is 6.04 Å². The predicted octanol–water partition coefficient (Wildman–Crippen LogP) is 5.24. The summed E-state index contributed by atoms with van der Waals surface area (Å²) < 4.78 is 0. The molecule has 0 aromatic rings. The first-order chi connectivity index (χ1) is 9.84.